The molecule has 9 rings (SSSR count). The summed E-state index contributed by atoms with van der Waals surface area (Å²) in [6, 6.07) is 45.2. The first-order chi connectivity index (χ1) is 38.8. The number of hydrogen-bond donors (Lipinski definition) is 4. The molecule has 0 radical (unpaired) electrons. The van der Waals surface area contributed by atoms with Crippen molar-refractivity contribution < 1.29 is 48.0 Å². The number of nitrogens with one attached hydrogen (secondary N) is 3. The van der Waals surface area contributed by atoms with Gasteiger partial charge in [0.25, 0.3) is 11.8 Å². The average Bonchev–Trinajstić information content (AvgIpc) is 4.22. The molecule has 2 fully saturated rings. The van der Waals surface area contributed by atoms with Gasteiger partial charge in [-0.1, -0.05) is 145 Å². The summed E-state index contributed by atoms with van der Waals surface area (Å²) in [5.41, 5.74) is 5.36. The van der Waals surface area contributed by atoms with E-state index in [2.05, 4.69) is 72.8 Å². The molecule has 0 aliphatic carbocycles. The van der Waals surface area contributed by atoms with Gasteiger partial charge in [-0.05, 0) is 117 Å². The molecule has 2 aliphatic heterocycles. The molecular weight excluding hydrogens is 1020 g/mol. The van der Waals surface area contributed by atoms with Crippen molar-refractivity contribution in [3.63, 3.8) is 0 Å². The lowest BCUT2D eigenvalue weighted by atomic mass is 9.82. The summed E-state index contributed by atoms with van der Waals surface area (Å²) in [5, 5.41) is 34.0. The van der Waals surface area contributed by atoms with E-state index in [0.717, 1.165) is 77.5 Å². The van der Waals surface area contributed by atoms with Gasteiger partial charge in [-0.25, -0.2) is 0 Å². The number of hydrogen-bond acceptors (Lipinski definition) is 13. The lowest BCUT2D eigenvalue weighted by Crippen LogP contribution is -2.46. The summed E-state index contributed by atoms with van der Waals surface area (Å²) in [5.74, 6) is -2.16. The number of aryl methyl sites for hydroxylation is 1. The molecular formula is C62H72N8O10. The molecule has 4 N–H and O–H groups in total. The Morgan fingerprint density at radius 3 is 1.56 bits per heavy atom. The van der Waals surface area contributed by atoms with Crippen LogP contribution in [0.2, 0.25) is 0 Å². The van der Waals surface area contributed by atoms with Crippen molar-refractivity contribution in [2.75, 3.05) is 26.4 Å². The summed E-state index contributed by atoms with van der Waals surface area (Å²) in [6.07, 6.45) is 9.01. The summed E-state index contributed by atoms with van der Waals surface area (Å²) < 4.78 is 30.8. The Morgan fingerprint density at radius 2 is 1.11 bits per heavy atom. The van der Waals surface area contributed by atoms with E-state index in [9.17, 15) is 24.3 Å². The van der Waals surface area contributed by atoms with E-state index in [0.29, 0.717) is 26.1 Å². The van der Waals surface area contributed by atoms with Crippen LogP contribution in [-0.4, -0.2) is 110 Å². The number of esters is 1. The Balaban J connectivity index is 0.000000215. The molecule has 6 atom stereocenters. The highest BCUT2D eigenvalue weighted by Gasteiger charge is 2.41. The molecule has 0 bridgehead atoms. The third-order valence-electron chi connectivity index (χ3n) is 14.3. The summed E-state index contributed by atoms with van der Waals surface area (Å²) in [7, 11) is 1.71. The van der Waals surface area contributed by atoms with Crippen molar-refractivity contribution in [1.82, 2.24) is 41.0 Å². The number of amides is 2. The molecule has 2 saturated heterocycles. The Kier molecular flexibility index (Phi) is 21.0. The maximum Gasteiger partial charge on any atom is 0.314 e. The number of H-pyrrole nitrogens is 1. The fourth-order valence-corrected chi connectivity index (χ4v) is 9.76. The second-order valence-corrected chi connectivity index (χ2v) is 21.1. The number of aliphatic carboxylic acids is 1. The first-order valence-corrected chi connectivity index (χ1v) is 27.3. The van der Waals surface area contributed by atoms with Crippen LogP contribution < -0.4 is 10.6 Å². The molecule has 80 heavy (non-hydrogen) atoms. The molecule has 2 amide bonds. The molecule has 0 spiro atoms. The van der Waals surface area contributed by atoms with E-state index in [1.54, 1.807) is 20.2 Å². The SMILES string of the molecule is C[C@@](COC1CCCCO1)(C[C@@H](Cc1ccc(-c2ccccc2)cc1)NC(=O)c1cn[nH]n1)C(=O)O.Cn1cc(C(=O)N[C@H](Cc2ccc(-c3ccccc3)cc2)C[C@@](C)(COC2CCCCO2)C(=O)OCc2ccccc2)nn1. The Bertz CT molecular complexity index is 3010. The van der Waals surface area contributed by atoms with Gasteiger partial charge in [0.05, 0.1) is 36.4 Å². The number of carbonyl (C=O) groups excluding carboxylic acids is 3. The molecule has 2 unspecified atom stereocenters. The second kappa shape index (κ2) is 28.8. The van der Waals surface area contributed by atoms with Crippen LogP contribution in [0.3, 0.4) is 0 Å². The highest BCUT2D eigenvalue weighted by atomic mass is 16.7. The smallest absolute Gasteiger partial charge is 0.314 e. The van der Waals surface area contributed by atoms with Gasteiger partial charge in [0.15, 0.2) is 24.0 Å². The van der Waals surface area contributed by atoms with Gasteiger partial charge in [0.1, 0.15) is 6.61 Å². The molecule has 2 aliphatic rings. The van der Waals surface area contributed by atoms with Gasteiger partial charge in [0.2, 0.25) is 0 Å². The van der Waals surface area contributed by atoms with Gasteiger partial charge in [-0.15, -0.1) is 5.10 Å². The van der Waals surface area contributed by atoms with Crippen molar-refractivity contribution in [1.29, 1.82) is 0 Å². The number of aromatic amines is 1. The van der Waals surface area contributed by atoms with Crippen LogP contribution in [0.5, 0.6) is 0 Å². The topological polar surface area (TPSA) is 231 Å². The van der Waals surface area contributed by atoms with E-state index in [1.165, 1.54) is 10.9 Å². The van der Waals surface area contributed by atoms with E-state index < -0.39 is 47.0 Å². The first-order valence-electron chi connectivity index (χ1n) is 27.3. The van der Waals surface area contributed by atoms with Crippen LogP contribution >= 0.6 is 0 Å². The number of carboxylic acids is 1. The zero-order chi connectivity index (χ0) is 56.2. The van der Waals surface area contributed by atoms with Crippen molar-refractivity contribution in [3.8, 4) is 22.3 Å². The second-order valence-electron chi connectivity index (χ2n) is 21.1. The first kappa shape index (κ1) is 58.3. The normalized spacial score (nSPS) is 17.5. The van der Waals surface area contributed by atoms with Crippen LogP contribution in [0.1, 0.15) is 103 Å². The average molecular weight is 1090 g/mol. The lowest BCUT2D eigenvalue weighted by molar-refractivity contribution is -0.191. The zero-order valence-electron chi connectivity index (χ0n) is 45.7. The Hall–Kier alpha value is -7.90. The highest BCUT2D eigenvalue weighted by Crippen LogP contribution is 2.32. The van der Waals surface area contributed by atoms with Gasteiger partial charge in [0, 0.05) is 32.3 Å². The number of aromatic nitrogens is 6. The van der Waals surface area contributed by atoms with E-state index in [1.807, 2.05) is 110 Å². The predicted molar refractivity (Wildman–Crippen MR) is 299 cm³/mol. The van der Waals surface area contributed by atoms with Crippen LogP contribution in [0.15, 0.2) is 152 Å². The molecule has 420 valence electrons. The number of carbonyl (C=O) groups is 4. The lowest BCUT2D eigenvalue weighted by Gasteiger charge is -2.33. The number of carboxylic acid groups (broad SMARTS) is 1. The number of nitrogens with zero attached hydrogens (tertiary/aromatic N) is 5. The van der Waals surface area contributed by atoms with Crippen molar-refractivity contribution in [2.45, 2.75) is 109 Å². The Morgan fingerprint density at radius 1 is 0.637 bits per heavy atom. The molecule has 2 aromatic heterocycles. The summed E-state index contributed by atoms with van der Waals surface area (Å²) in [6.45, 7) is 4.95. The minimum Gasteiger partial charge on any atom is -0.481 e. The summed E-state index contributed by atoms with van der Waals surface area (Å²) >= 11 is 0. The van der Waals surface area contributed by atoms with Crippen molar-refractivity contribution in [2.24, 2.45) is 17.9 Å². The van der Waals surface area contributed by atoms with Gasteiger partial charge >= 0.3 is 11.9 Å². The highest BCUT2D eigenvalue weighted by molar-refractivity contribution is 5.92. The zero-order valence-corrected chi connectivity index (χ0v) is 45.7. The van der Waals surface area contributed by atoms with Crippen LogP contribution in [0.4, 0.5) is 0 Å². The largest absolute Gasteiger partial charge is 0.481 e. The standard InChI is InChI=1S/C35H40N4O5.C27H32N4O5/c1-35(25-44-32-15-9-10-20-42-32,34(41)43-24-27-11-5-3-6-12-27)22-30(36-33(40)31-23-39(2)38-37-31)21-26-16-18-29(19-17-26)28-13-7-4-8-14-28;1-27(26(33)34,18-36-24-9-5-6-14-35-24)16-22(29-25(32)23-17-28-31-30-23)15-19-10-12-21(13-11-19)20-7-3-2-4-8-20/h3-8,11-14,16-19,23,30,32H,9-10,15,20-22,24-25H2,1-2H3,(H,36,40);2-4,7-8,10-13,17,22,24H,5-6,9,14-16,18H2,1H3,(H,29,32)(H,33,34)(H,28,30,31)/t30-,32?,35+;22-,24?,27+/m11/s1. The van der Waals surface area contributed by atoms with E-state index in [-0.39, 0.29) is 56.2 Å². The molecule has 18 heteroatoms. The quantitative estimate of drug-likeness (QED) is 0.0413. The van der Waals surface area contributed by atoms with Crippen molar-refractivity contribution in [3.05, 3.63) is 180 Å². The third kappa shape index (κ3) is 17.3. The van der Waals surface area contributed by atoms with Crippen LogP contribution in [0.25, 0.3) is 22.3 Å². The monoisotopic (exact) mass is 1090 g/mol. The maximum absolute atomic E-state index is 13.8. The molecule has 5 aromatic carbocycles. The van der Waals surface area contributed by atoms with Crippen LogP contribution in [0, 0.1) is 10.8 Å². The van der Waals surface area contributed by atoms with Gasteiger partial charge in [-0.2, -0.15) is 15.4 Å². The fraction of sp³-hybridized carbons (Fsp3) is 0.387. The fourth-order valence-electron chi connectivity index (χ4n) is 9.76. The van der Waals surface area contributed by atoms with E-state index >= 15 is 0 Å². The predicted octanol–water partition coefficient (Wildman–Crippen LogP) is 9.34. The minimum absolute atomic E-state index is 0.0176. The van der Waals surface area contributed by atoms with Gasteiger partial charge in [-0.3, -0.25) is 23.9 Å². The number of benzene rings is 5. The number of ether oxygens (including phenoxy) is 5. The molecule has 4 heterocycles. The maximum atomic E-state index is 13.8. The Labute approximate surface area is 466 Å². The van der Waals surface area contributed by atoms with E-state index in [4.69, 9.17) is 23.7 Å². The minimum atomic E-state index is -1.23. The molecule has 18 nitrogen and oxygen atoms in total. The van der Waals surface area contributed by atoms with Crippen molar-refractivity contribution >= 4 is 23.8 Å². The molecule has 0 saturated carbocycles. The molecule has 7 aromatic rings. The van der Waals surface area contributed by atoms with Gasteiger partial charge < -0.3 is 39.4 Å². The van der Waals surface area contributed by atoms with Crippen LogP contribution in [-0.2, 0) is 59.8 Å². The summed E-state index contributed by atoms with van der Waals surface area (Å²) in [4.78, 5) is 52.2. The third-order valence-corrected chi connectivity index (χ3v) is 14.3. The number of rotatable bonds is 24.